The van der Waals surface area contributed by atoms with Gasteiger partial charge in [-0.2, -0.15) is 0 Å². The first-order chi connectivity index (χ1) is 10.1. The molecule has 6 nitrogen and oxygen atoms in total. The summed E-state index contributed by atoms with van der Waals surface area (Å²) in [4.78, 5) is 28.0. The standard InChI is InChI=1S/C14H12N4O2S/c1-9(19)15-10-2-4-11(5-3-10)16-13(20)12-8-18-6-7-21-14(18)17-12/h2-8H,1H3,(H,15,19)(H,16,20). The Kier molecular flexibility index (Phi) is 3.41. The van der Waals surface area contributed by atoms with E-state index >= 15 is 0 Å². The first-order valence-electron chi connectivity index (χ1n) is 6.23. The van der Waals surface area contributed by atoms with Crippen molar-refractivity contribution in [3.63, 3.8) is 0 Å². The number of nitrogens with one attached hydrogen (secondary N) is 2. The van der Waals surface area contributed by atoms with Crippen LogP contribution in [0.1, 0.15) is 17.4 Å². The van der Waals surface area contributed by atoms with E-state index in [9.17, 15) is 9.59 Å². The monoisotopic (exact) mass is 300 g/mol. The second-order valence-corrected chi connectivity index (χ2v) is 5.30. The summed E-state index contributed by atoms with van der Waals surface area (Å²) in [5, 5.41) is 7.34. The van der Waals surface area contributed by atoms with Crippen LogP contribution in [0.2, 0.25) is 0 Å². The summed E-state index contributed by atoms with van der Waals surface area (Å²) in [6.45, 7) is 1.44. The van der Waals surface area contributed by atoms with Crippen LogP contribution in [0.25, 0.3) is 4.96 Å². The lowest BCUT2D eigenvalue weighted by atomic mass is 10.2. The fourth-order valence-corrected chi connectivity index (χ4v) is 2.57. The first kappa shape index (κ1) is 13.3. The molecular weight excluding hydrogens is 288 g/mol. The maximum Gasteiger partial charge on any atom is 0.275 e. The van der Waals surface area contributed by atoms with Gasteiger partial charge < -0.3 is 10.6 Å². The minimum atomic E-state index is -0.266. The van der Waals surface area contributed by atoms with Crippen molar-refractivity contribution in [2.45, 2.75) is 6.92 Å². The average molecular weight is 300 g/mol. The van der Waals surface area contributed by atoms with Crippen LogP contribution in [0.3, 0.4) is 0 Å². The van der Waals surface area contributed by atoms with Crippen molar-refractivity contribution in [3.8, 4) is 0 Å². The number of carbonyl (C=O) groups is 2. The number of aromatic nitrogens is 2. The number of anilines is 2. The van der Waals surface area contributed by atoms with Crippen LogP contribution in [-0.4, -0.2) is 21.2 Å². The van der Waals surface area contributed by atoms with Gasteiger partial charge in [-0.05, 0) is 24.3 Å². The van der Waals surface area contributed by atoms with Crippen LogP contribution in [0.15, 0.2) is 42.0 Å². The van der Waals surface area contributed by atoms with Gasteiger partial charge in [0, 0.05) is 36.1 Å². The van der Waals surface area contributed by atoms with Crippen molar-refractivity contribution in [1.82, 2.24) is 9.38 Å². The minimum Gasteiger partial charge on any atom is -0.326 e. The summed E-state index contributed by atoms with van der Waals surface area (Å²) in [7, 11) is 0. The SMILES string of the molecule is CC(=O)Nc1ccc(NC(=O)c2cn3ccsc3n2)cc1. The van der Waals surface area contributed by atoms with Gasteiger partial charge in [-0.3, -0.25) is 14.0 Å². The molecule has 0 unspecified atom stereocenters. The lowest BCUT2D eigenvalue weighted by Gasteiger charge is -2.05. The highest BCUT2D eigenvalue weighted by Gasteiger charge is 2.11. The highest BCUT2D eigenvalue weighted by atomic mass is 32.1. The Bertz CT molecular complexity index is 775. The molecule has 0 aliphatic heterocycles. The summed E-state index contributed by atoms with van der Waals surface area (Å²) in [5.74, 6) is -0.400. The lowest BCUT2D eigenvalue weighted by Crippen LogP contribution is -2.12. The lowest BCUT2D eigenvalue weighted by molar-refractivity contribution is -0.114. The predicted octanol–water partition coefficient (Wildman–Crippen LogP) is 2.61. The fraction of sp³-hybridized carbons (Fsp3) is 0.0714. The summed E-state index contributed by atoms with van der Waals surface area (Å²) in [6.07, 6.45) is 3.54. The molecule has 0 saturated carbocycles. The van der Waals surface area contributed by atoms with Crippen molar-refractivity contribution < 1.29 is 9.59 Å². The van der Waals surface area contributed by atoms with E-state index in [4.69, 9.17) is 0 Å². The van der Waals surface area contributed by atoms with Crippen molar-refractivity contribution in [3.05, 3.63) is 47.7 Å². The number of amides is 2. The third-order valence-electron chi connectivity index (χ3n) is 2.79. The van der Waals surface area contributed by atoms with Gasteiger partial charge in [0.25, 0.3) is 5.91 Å². The highest BCUT2D eigenvalue weighted by Crippen LogP contribution is 2.16. The number of hydrogen-bond acceptors (Lipinski definition) is 4. The van der Waals surface area contributed by atoms with Crippen LogP contribution in [0, 0.1) is 0 Å². The van der Waals surface area contributed by atoms with Crippen LogP contribution < -0.4 is 10.6 Å². The Hall–Kier alpha value is -2.67. The third kappa shape index (κ3) is 2.92. The predicted molar refractivity (Wildman–Crippen MR) is 81.8 cm³/mol. The Balaban J connectivity index is 1.72. The molecule has 7 heteroatoms. The molecule has 3 aromatic rings. The van der Waals surface area contributed by atoms with Crippen LogP contribution in [0.4, 0.5) is 11.4 Å². The van der Waals surface area contributed by atoms with E-state index < -0.39 is 0 Å². The summed E-state index contributed by atoms with van der Waals surface area (Å²) >= 11 is 1.47. The van der Waals surface area contributed by atoms with Crippen LogP contribution >= 0.6 is 11.3 Å². The molecule has 2 heterocycles. The smallest absolute Gasteiger partial charge is 0.275 e. The number of rotatable bonds is 3. The fourth-order valence-electron chi connectivity index (χ4n) is 1.87. The molecule has 2 amide bonds. The number of hydrogen-bond donors (Lipinski definition) is 2. The van der Waals surface area contributed by atoms with E-state index in [2.05, 4.69) is 15.6 Å². The maximum absolute atomic E-state index is 12.1. The third-order valence-corrected chi connectivity index (χ3v) is 3.56. The van der Waals surface area contributed by atoms with Gasteiger partial charge in [0.15, 0.2) is 4.96 Å². The molecule has 0 aliphatic rings. The van der Waals surface area contributed by atoms with E-state index in [1.165, 1.54) is 18.3 Å². The first-order valence-corrected chi connectivity index (χ1v) is 7.11. The van der Waals surface area contributed by atoms with Gasteiger partial charge in [0.05, 0.1) is 0 Å². The highest BCUT2D eigenvalue weighted by molar-refractivity contribution is 7.15. The van der Waals surface area contributed by atoms with Gasteiger partial charge in [0.2, 0.25) is 5.91 Å². The van der Waals surface area contributed by atoms with Crippen LogP contribution in [0.5, 0.6) is 0 Å². The molecule has 0 atom stereocenters. The number of nitrogens with zero attached hydrogens (tertiary/aromatic N) is 2. The van der Waals surface area contributed by atoms with Crippen LogP contribution in [-0.2, 0) is 4.79 Å². The molecule has 0 fully saturated rings. The minimum absolute atomic E-state index is 0.134. The molecule has 21 heavy (non-hydrogen) atoms. The number of fused-ring (bicyclic) bond motifs is 1. The Morgan fingerprint density at radius 2 is 1.81 bits per heavy atom. The van der Waals surface area contributed by atoms with Gasteiger partial charge in [-0.15, -0.1) is 11.3 Å². The molecule has 0 radical (unpaired) electrons. The largest absolute Gasteiger partial charge is 0.326 e. The Morgan fingerprint density at radius 3 is 2.43 bits per heavy atom. The zero-order valence-corrected chi connectivity index (χ0v) is 12.0. The number of benzene rings is 1. The molecule has 1 aromatic carbocycles. The summed E-state index contributed by atoms with van der Waals surface area (Å²) < 4.78 is 1.81. The maximum atomic E-state index is 12.1. The summed E-state index contributed by atoms with van der Waals surface area (Å²) in [6, 6.07) is 6.90. The average Bonchev–Trinajstić information content (AvgIpc) is 3.01. The zero-order chi connectivity index (χ0) is 14.8. The molecule has 3 rings (SSSR count). The number of carbonyl (C=O) groups excluding carboxylic acids is 2. The van der Waals surface area contributed by atoms with E-state index in [0.717, 1.165) is 4.96 Å². The summed E-state index contributed by atoms with van der Waals surface area (Å²) in [5.41, 5.74) is 1.70. The normalized spacial score (nSPS) is 10.5. The van der Waals surface area contributed by atoms with E-state index in [1.54, 1.807) is 34.9 Å². The topological polar surface area (TPSA) is 75.5 Å². The van der Waals surface area contributed by atoms with Gasteiger partial charge in [-0.1, -0.05) is 0 Å². The quantitative estimate of drug-likeness (QED) is 0.780. The van der Waals surface area contributed by atoms with Crippen molar-refractivity contribution in [1.29, 1.82) is 0 Å². The van der Waals surface area contributed by atoms with E-state index in [1.807, 2.05) is 11.6 Å². The molecule has 0 spiro atoms. The Labute approximate surface area is 124 Å². The molecular formula is C14H12N4O2S. The molecule has 0 aliphatic carbocycles. The van der Waals surface area contributed by atoms with Gasteiger partial charge in [-0.25, -0.2) is 4.98 Å². The second-order valence-electron chi connectivity index (χ2n) is 4.43. The van der Waals surface area contributed by atoms with Crippen molar-refractivity contribution in [2.75, 3.05) is 10.6 Å². The van der Waals surface area contributed by atoms with Crippen molar-refractivity contribution in [2.24, 2.45) is 0 Å². The number of thiazole rings is 1. The molecule has 2 aromatic heterocycles. The number of imidazole rings is 1. The molecule has 2 N–H and O–H groups in total. The van der Waals surface area contributed by atoms with E-state index in [0.29, 0.717) is 17.1 Å². The molecule has 0 bridgehead atoms. The van der Waals surface area contributed by atoms with Gasteiger partial charge >= 0.3 is 0 Å². The molecule has 0 saturated heterocycles. The van der Waals surface area contributed by atoms with E-state index in [-0.39, 0.29) is 11.8 Å². The van der Waals surface area contributed by atoms with Crippen molar-refractivity contribution >= 4 is 39.5 Å². The zero-order valence-electron chi connectivity index (χ0n) is 11.2. The molecule has 106 valence electrons. The van der Waals surface area contributed by atoms with Gasteiger partial charge in [0.1, 0.15) is 5.69 Å². The Morgan fingerprint density at radius 1 is 1.14 bits per heavy atom. The second kappa shape index (κ2) is 5.37.